The summed E-state index contributed by atoms with van der Waals surface area (Å²) in [6, 6.07) is 20.1. The molecule has 8 nitrogen and oxygen atoms in total. The molecule has 8 heteroatoms. The van der Waals surface area contributed by atoms with E-state index >= 15 is 0 Å². The van der Waals surface area contributed by atoms with Gasteiger partial charge in [-0.05, 0) is 53.9 Å². The van der Waals surface area contributed by atoms with E-state index in [1.807, 2.05) is 30.3 Å². The standard InChI is InChI=1S/C23H21N3O5/c1-2-16-6-12-21(13-7-16)30-15-17-4-3-5-19(14-17)23(27)31-25-22(24)18-8-10-20(11-9-18)26(28)29/h3-14H,2,15H2,1H3,(H2,24,25). The van der Waals surface area contributed by atoms with Crippen molar-refractivity contribution in [3.63, 3.8) is 0 Å². The fraction of sp³-hybridized carbons (Fsp3) is 0.130. The van der Waals surface area contributed by atoms with E-state index < -0.39 is 10.9 Å². The molecule has 0 aliphatic rings. The summed E-state index contributed by atoms with van der Waals surface area (Å²) in [5, 5.41) is 14.3. The minimum Gasteiger partial charge on any atom is -0.489 e. The van der Waals surface area contributed by atoms with Crippen molar-refractivity contribution in [2.24, 2.45) is 10.9 Å². The smallest absolute Gasteiger partial charge is 0.365 e. The van der Waals surface area contributed by atoms with Crippen molar-refractivity contribution < 1.29 is 19.3 Å². The number of non-ortho nitro benzene ring substituents is 1. The van der Waals surface area contributed by atoms with E-state index in [9.17, 15) is 14.9 Å². The van der Waals surface area contributed by atoms with E-state index in [4.69, 9.17) is 15.3 Å². The first-order valence-electron chi connectivity index (χ1n) is 9.56. The Morgan fingerprint density at radius 3 is 2.35 bits per heavy atom. The molecule has 3 aromatic rings. The number of amidine groups is 1. The van der Waals surface area contributed by atoms with Crippen LogP contribution in [0.1, 0.15) is 34.0 Å². The summed E-state index contributed by atoms with van der Waals surface area (Å²) >= 11 is 0. The minimum atomic E-state index is -0.681. The van der Waals surface area contributed by atoms with E-state index in [1.54, 1.807) is 18.2 Å². The number of nitrogens with zero attached hydrogens (tertiary/aromatic N) is 2. The maximum atomic E-state index is 12.3. The van der Waals surface area contributed by atoms with Crippen molar-refractivity contribution in [2.75, 3.05) is 0 Å². The Morgan fingerprint density at radius 1 is 1.00 bits per heavy atom. The van der Waals surface area contributed by atoms with Gasteiger partial charge in [-0.25, -0.2) is 4.79 Å². The number of benzene rings is 3. The Balaban J connectivity index is 1.61. The molecule has 2 N–H and O–H groups in total. The Kier molecular flexibility index (Phi) is 6.95. The number of oxime groups is 1. The van der Waals surface area contributed by atoms with Gasteiger partial charge in [0.2, 0.25) is 0 Å². The zero-order chi connectivity index (χ0) is 22.2. The first kappa shape index (κ1) is 21.5. The summed E-state index contributed by atoms with van der Waals surface area (Å²) in [6.45, 7) is 2.38. The number of nitro groups is 1. The van der Waals surface area contributed by atoms with Crippen molar-refractivity contribution in [1.82, 2.24) is 0 Å². The topological polar surface area (TPSA) is 117 Å². The summed E-state index contributed by atoms with van der Waals surface area (Å²) in [5.74, 6) is -0.0112. The quantitative estimate of drug-likeness (QED) is 0.192. The number of carbonyl (C=O) groups excluding carboxylic acids is 1. The minimum absolute atomic E-state index is 0.0711. The summed E-state index contributed by atoms with van der Waals surface area (Å²) in [6.07, 6.45) is 0.960. The van der Waals surface area contributed by atoms with Gasteiger partial charge in [0.1, 0.15) is 12.4 Å². The second-order valence-electron chi connectivity index (χ2n) is 6.65. The summed E-state index contributed by atoms with van der Waals surface area (Å²) < 4.78 is 5.76. The second kappa shape index (κ2) is 10.0. The third kappa shape index (κ3) is 5.89. The largest absolute Gasteiger partial charge is 0.489 e. The number of hydrogen-bond acceptors (Lipinski definition) is 6. The third-order valence-corrected chi connectivity index (χ3v) is 4.50. The maximum Gasteiger partial charge on any atom is 0.365 e. The van der Waals surface area contributed by atoms with Gasteiger partial charge in [0.05, 0.1) is 10.5 Å². The van der Waals surface area contributed by atoms with E-state index in [2.05, 4.69) is 12.1 Å². The monoisotopic (exact) mass is 419 g/mol. The number of ether oxygens (including phenoxy) is 1. The molecule has 0 bridgehead atoms. The number of carbonyl (C=O) groups is 1. The van der Waals surface area contributed by atoms with Gasteiger partial charge in [0, 0.05) is 17.7 Å². The molecule has 0 aliphatic carbocycles. The Labute approximate surface area is 179 Å². The predicted molar refractivity (Wildman–Crippen MR) is 116 cm³/mol. The number of hydrogen-bond donors (Lipinski definition) is 1. The molecule has 0 spiro atoms. The van der Waals surface area contributed by atoms with Crippen LogP contribution in [0.5, 0.6) is 5.75 Å². The molecule has 31 heavy (non-hydrogen) atoms. The molecule has 0 radical (unpaired) electrons. The van der Waals surface area contributed by atoms with Crippen LogP contribution in [0.15, 0.2) is 78.0 Å². The first-order valence-corrected chi connectivity index (χ1v) is 9.56. The highest BCUT2D eigenvalue weighted by Crippen LogP contribution is 2.16. The Hall–Kier alpha value is -4.20. The summed E-state index contributed by atoms with van der Waals surface area (Å²) in [7, 11) is 0. The van der Waals surface area contributed by atoms with Crippen LogP contribution in [0.3, 0.4) is 0 Å². The summed E-state index contributed by atoms with van der Waals surface area (Å²) in [5.41, 5.74) is 8.43. The number of rotatable bonds is 8. The molecule has 0 atom stereocenters. The highest BCUT2D eigenvalue weighted by Gasteiger charge is 2.10. The van der Waals surface area contributed by atoms with Crippen molar-refractivity contribution in [3.8, 4) is 5.75 Å². The fourth-order valence-corrected chi connectivity index (χ4v) is 2.73. The molecule has 158 valence electrons. The lowest BCUT2D eigenvalue weighted by Gasteiger charge is -2.08. The van der Waals surface area contributed by atoms with E-state index in [0.717, 1.165) is 17.7 Å². The number of nitro benzene ring substituents is 1. The van der Waals surface area contributed by atoms with Gasteiger partial charge in [-0.3, -0.25) is 10.1 Å². The van der Waals surface area contributed by atoms with Crippen LogP contribution in [-0.2, 0) is 17.9 Å². The lowest BCUT2D eigenvalue weighted by Crippen LogP contribution is -2.15. The van der Waals surface area contributed by atoms with Crippen LogP contribution in [-0.4, -0.2) is 16.7 Å². The van der Waals surface area contributed by atoms with Crippen LogP contribution in [0.25, 0.3) is 0 Å². The summed E-state index contributed by atoms with van der Waals surface area (Å²) in [4.78, 5) is 27.4. The van der Waals surface area contributed by atoms with Gasteiger partial charge in [-0.15, -0.1) is 0 Å². The molecule has 0 unspecified atom stereocenters. The zero-order valence-corrected chi connectivity index (χ0v) is 16.9. The Morgan fingerprint density at radius 2 is 1.71 bits per heavy atom. The molecule has 0 saturated carbocycles. The molecule has 0 aliphatic heterocycles. The number of nitrogens with two attached hydrogens (primary N) is 1. The second-order valence-corrected chi connectivity index (χ2v) is 6.65. The van der Waals surface area contributed by atoms with Crippen LogP contribution in [0.2, 0.25) is 0 Å². The predicted octanol–water partition coefficient (Wildman–Crippen LogP) is 4.21. The molecule has 0 amide bonds. The average Bonchev–Trinajstić information content (AvgIpc) is 2.81. The van der Waals surface area contributed by atoms with Crippen LogP contribution in [0.4, 0.5) is 5.69 Å². The van der Waals surface area contributed by atoms with E-state index in [0.29, 0.717) is 17.7 Å². The SMILES string of the molecule is CCc1ccc(OCc2cccc(C(=O)O/N=C(\N)c3ccc([N+](=O)[O-])cc3)c2)cc1. The highest BCUT2D eigenvalue weighted by atomic mass is 16.7. The van der Waals surface area contributed by atoms with Crippen LogP contribution in [0, 0.1) is 10.1 Å². The van der Waals surface area contributed by atoms with E-state index in [1.165, 1.54) is 29.8 Å². The van der Waals surface area contributed by atoms with Gasteiger partial charge in [0.25, 0.3) is 5.69 Å². The van der Waals surface area contributed by atoms with Gasteiger partial charge in [-0.1, -0.05) is 36.3 Å². The van der Waals surface area contributed by atoms with Crippen molar-refractivity contribution in [2.45, 2.75) is 20.0 Å². The van der Waals surface area contributed by atoms with E-state index in [-0.39, 0.29) is 11.5 Å². The fourth-order valence-electron chi connectivity index (χ4n) is 2.73. The van der Waals surface area contributed by atoms with Gasteiger partial charge in [-0.2, -0.15) is 0 Å². The first-order chi connectivity index (χ1) is 15.0. The van der Waals surface area contributed by atoms with Crippen LogP contribution >= 0.6 is 0 Å². The molecule has 0 fully saturated rings. The van der Waals surface area contributed by atoms with Gasteiger partial charge in [0.15, 0.2) is 5.84 Å². The molecule has 0 heterocycles. The zero-order valence-electron chi connectivity index (χ0n) is 16.9. The van der Waals surface area contributed by atoms with Crippen molar-refractivity contribution in [1.29, 1.82) is 0 Å². The normalized spacial score (nSPS) is 11.1. The van der Waals surface area contributed by atoms with Crippen molar-refractivity contribution in [3.05, 3.63) is 105 Å². The Bertz CT molecular complexity index is 1090. The molecule has 3 aromatic carbocycles. The molecule has 3 rings (SSSR count). The van der Waals surface area contributed by atoms with Gasteiger partial charge < -0.3 is 15.3 Å². The average molecular weight is 419 g/mol. The molecule has 0 saturated heterocycles. The molecular formula is C23H21N3O5. The lowest BCUT2D eigenvalue weighted by molar-refractivity contribution is -0.384. The molecule has 0 aromatic heterocycles. The maximum absolute atomic E-state index is 12.3. The van der Waals surface area contributed by atoms with Crippen molar-refractivity contribution >= 4 is 17.5 Å². The lowest BCUT2D eigenvalue weighted by atomic mass is 10.1. The number of aryl methyl sites for hydroxylation is 1. The van der Waals surface area contributed by atoms with Gasteiger partial charge >= 0.3 is 5.97 Å². The molecular weight excluding hydrogens is 398 g/mol. The van der Waals surface area contributed by atoms with Crippen LogP contribution < -0.4 is 10.5 Å². The highest BCUT2D eigenvalue weighted by molar-refractivity contribution is 5.98. The third-order valence-electron chi connectivity index (χ3n) is 4.50.